The first-order valence-electron chi connectivity index (χ1n) is 16.8. The lowest BCUT2D eigenvalue weighted by atomic mass is 10.00. The summed E-state index contributed by atoms with van der Waals surface area (Å²) in [5, 5.41) is 30.4. The molecule has 2 atom stereocenters. The number of aromatic hydroxyl groups is 2. The molecule has 0 spiro atoms. The lowest BCUT2D eigenvalue weighted by molar-refractivity contribution is 0.474. The van der Waals surface area contributed by atoms with Gasteiger partial charge in [-0.3, -0.25) is 0 Å². The smallest absolute Gasteiger partial charge is 0.116 e. The summed E-state index contributed by atoms with van der Waals surface area (Å²) in [5.41, 5.74) is 4.17. The average Bonchev–Trinajstić information content (AvgIpc) is 3.16. The van der Waals surface area contributed by atoms with Crippen LogP contribution in [-0.4, -0.2) is 23.3 Å². The lowest BCUT2D eigenvalue weighted by Crippen LogP contribution is -2.18. The summed E-state index contributed by atoms with van der Waals surface area (Å²) < 4.78 is 0. The van der Waals surface area contributed by atoms with Crippen molar-refractivity contribution in [3.63, 3.8) is 0 Å². The molecule has 5 heteroatoms. The number of allylic oxidation sites excluding steroid dienone is 1. The van der Waals surface area contributed by atoms with Crippen LogP contribution in [0.15, 0.2) is 157 Å². The maximum absolute atomic E-state index is 9.40. The molecule has 0 amide bonds. The number of benzene rings is 6. The third-order valence-electron chi connectivity index (χ3n) is 8.03. The van der Waals surface area contributed by atoms with Crippen molar-refractivity contribution in [3.05, 3.63) is 179 Å². The number of hydrogen-bond acceptors (Lipinski definition) is 4. The zero-order chi connectivity index (χ0) is 36.3. The zero-order valence-corrected chi connectivity index (χ0v) is 30.5. The summed E-state index contributed by atoms with van der Waals surface area (Å²) in [4.78, 5) is 1.88. The van der Waals surface area contributed by atoms with Crippen molar-refractivity contribution in [2.24, 2.45) is 0 Å². The van der Waals surface area contributed by atoms with E-state index in [0.29, 0.717) is 11.6 Å². The van der Waals surface area contributed by atoms with Gasteiger partial charge in [0.2, 0.25) is 0 Å². The van der Waals surface area contributed by atoms with Crippen molar-refractivity contribution in [2.45, 2.75) is 33.4 Å². The summed E-state index contributed by atoms with van der Waals surface area (Å²) in [6.45, 7) is 5.99. The van der Waals surface area contributed by atoms with E-state index >= 15 is 0 Å². The second-order valence-electron chi connectivity index (χ2n) is 11.7. The molecule has 264 valence electrons. The Kier molecular flexibility index (Phi) is 17.5. The molecule has 0 aromatic heterocycles. The van der Waals surface area contributed by atoms with Gasteiger partial charge < -0.3 is 20.8 Å². The number of phenols is 2. The Balaban J connectivity index is 0.000000233. The van der Waals surface area contributed by atoms with Crippen LogP contribution in [0.5, 0.6) is 11.5 Å². The second kappa shape index (κ2) is 22.3. The summed E-state index contributed by atoms with van der Waals surface area (Å²) in [6.07, 6.45) is 11.0. The van der Waals surface area contributed by atoms with Crippen LogP contribution in [0.25, 0.3) is 21.5 Å². The van der Waals surface area contributed by atoms with Crippen LogP contribution in [0.1, 0.15) is 55.6 Å². The molecule has 0 radical (unpaired) electrons. The Morgan fingerprint density at radius 2 is 1.10 bits per heavy atom. The third-order valence-corrected chi connectivity index (χ3v) is 8.40. The van der Waals surface area contributed by atoms with Crippen LogP contribution in [0.2, 0.25) is 0 Å². The Morgan fingerprint density at radius 3 is 1.60 bits per heavy atom. The van der Waals surface area contributed by atoms with Gasteiger partial charge in [0.15, 0.2) is 0 Å². The normalized spacial score (nSPS) is 11.6. The van der Waals surface area contributed by atoms with E-state index in [0.717, 1.165) is 18.7 Å². The molecule has 6 aromatic carbocycles. The van der Waals surface area contributed by atoms with Gasteiger partial charge in [-0.15, -0.1) is 6.42 Å². The van der Waals surface area contributed by atoms with Crippen LogP contribution < -0.4 is 10.6 Å². The molecule has 52 heavy (non-hydrogen) atoms. The first kappa shape index (κ1) is 40.9. The predicted octanol–water partition coefficient (Wildman–Crippen LogP) is 11.2. The van der Waals surface area contributed by atoms with E-state index in [2.05, 4.69) is 149 Å². The number of fused-ring (bicyclic) bond motifs is 2. The summed E-state index contributed by atoms with van der Waals surface area (Å²) in [5.74, 6) is 8.85. The standard InChI is InChI=1S/C23H21NO.C15H16BrN.C8H6O.CH4/c1-18(22-15-8-12-20-11-4-5-14-23(20)22)24-16-6-2-3-9-19-10-7-13-21(25)17-19;1-12(17-11-5-10-16)14-9-4-7-13-6-2-3-8-15(13)14;1-2-7-4-3-5-8(9)6-7;/h2,4-8,10-15,17-18,24-25H,16H2,1H3;2-10,12,17H,11H2,1H3;1,3-6,9H;1H4/b6-2+;10-5+;;/t18-;12-;;/m11../s1. The number of phenolic OH excluding ortho intramolecular Hbond substituents is 2. The minimum atomic E-state index is 0. The highest BCUT2D eigenvalue weighted by Gasteiger charge is 2.08. The lowest BCUT2D eigenvalue weighted by Gasteiger charge is -2.15. The van der Waals surface area contributed by atoms with E-state index in [4.69, 9.17) is 11.5 Å². The highest BCUT2D eigenvalue weighted by molar-refractivity contribution is 9.11. The van der Waals surface area contributed by atoms with Crippen molar-refractivity contribution in [1.82, 2.24) is 10.6 Å². The van der Waals surface area contributed by atoms with Gasteiger partial charge in [-0.1, -0.05) is 150 Å². The van der Waals surface area contributed by atoms with Crippen LogP contribution in [0, 0.1) is 24.2 Å². The van der Waals surface area contributed by atoms with Crippen LogP contribution in [0.3, 0.4) is 0 Å². The minimum absolute atomic E-state index is 0. The van der Waals surface area contributed by atoms with Crippen molar-refractivity contribution in [2.75, 3.05) is 13.1 Å². The molecule has 0 saturated carbocycles. The highest BCUT2D eigenvalue weighted by Crippen LogP contribution is 2.25. The van der Waals surface area contributed by atoms with E-state index < -0.39 is 0 Å². The first-order chi connectivity index (χ1) is 24.9. The molecule has 0 fully saturated rings. The van der Waals surface area contributed by atoms with Gasteiger partial charge in [0, 0.05) is 36.3 Å². The van der Waals surface area contributed by atoms with Crippen molar-refractivity contribution in [1.29, 1.82) is 0 Å². The maximum Gasteiger partial charge on any atom is 0.116 e. The summed E-state index contributed by atoms with van der Waals surface area (Å²) >= 11 is 3.27. The fourth-order valence-corrected chi connectivity index (χ4v) is 5.62. The topological polar surface area (TPSA) is 64.5 Å². The Labute approximate surface area is 318 Å². The van der Waals surface area contributed by atoms with Crippen molar-refractivity contribution >= 4 is 37.5 Å². The molecule has 4 N–H and O–H groups in total. The Hall–Kier alpha value is -5.56. The maximum atomic E-state index is 9.40. The van der Waals surface area contributed by atoms with Crippen molar-refractivity contribution < 1.29 is 10.2 Å². The van der Waals surface area contributed by atoms with Crippen LogP contribution in [-0.2, 0) is 0 Å². The molecule has 0 aliphatic heterocycles. The van der Waals surface area contributed by atoms with E-state index in [1.165, 1.54) is 32.7 Å². The average molecular weight is 752 g/mol. The molecule has 4 nitrogen and oxygen atoms in total. The van der Waals surface area contributed by atoms with Gasteiger partial charge in [-0.05, 0) is 94.0 Å². The van der Waals surface area contributed by atoms with Gasteiger partial charge in [-0.25, -0.2) is 0 Å². The molecule has 0 heterocycles. The van der Waals surface area contributed by atoms with Gasteiger partial charge in [0.1, 0.15) is 11.5 Å². The zero-order valence-electron chi connectivity index (χ0n) is 28.9. The molecule has 0 bridgehead atoms. The highest BCUT2D eigenvalue weighted by atomic mass is 79.9. The molecular formula is C47H47BrN2O2. The van der Waals surface area contributed by atoms with E-state index in [-0.39, 0.29) is 25.0 Å². The van der Waals surface area contributed by atoms with Crippen LogP contribution >= 0.6 is 15.9 Å². The Morgan fingerprint density at radius 1 is 0.635 bits per heavy atom. The quantitative estimate of drug-likeness (QED) is 0.117. The molecule has 6 aromatic rings. The van der Waals surface area contributed by atoms with Gasteiger partial charge in [0.05, 0.1) is 0 Å². The number of rotatable bonds is 8. The van der Waals surface area contributed by atoms with E-state index in [1.807, 2.05) is 23.2 Å². The molecule has 0 unspecified atom stereocenters. The first-order valence-corrected chi connectivity index (χ1v) is 17.7. The van der Waals surface area contributed by atoms with Crippen molar-refractivity contribution in [3.8, 4) is 35.7 Å². The second-order valence-corrected chi connectivity index (χ2v) is 12.2. The Bertz CT molecular complexity index is 2160. The van der Waals surface area contributed by atoms with Crippen LogP contribution in [0.4, 0.5) is 0 Å². The molecule has 6 rings (SSSR count). The number of terminal acetylenes is 1. The monoisotopic (exact) mass is 750 g/mol. The van der Waals surface area contributed by atoms with Gasteiger partial charge in [-0.2, -0.15) is 0 Å². The summed E-state index contributed by atoms with van der Waals surface area (Å²) in [7, 11) is 0. The minimum Gasteiger partial charge on any atom is -0.508 e. The van der Waals surface area contributed by atoms with Gasteiger partial charge in [0.25, 0.3) is 0 Å². The third kappa shape index (κ3) is 13.0. The molecule has 0 aliphatic carbocycles. The van der Waals surface area contributed by atoms with Gasteiger partial charge >= 0.3 is 0 Å². The van der Waals surface area contributed by atoms with E-state index in [9.17, 15) is 5.11 Å². The summed E-state index contributed by atoms with van der Waals surface area (Å²) in [6, 6.07) is 44.0. The van der Waals surface area contributed by atoms with E-state index in [1.54, 1.807) is 42.5 Å². The number of hydrogen-bond donors (Lipinski definition) is 4. The number of halogens is 1. The SMILES string of the molecule is C.C#Cc1cccc(O)c1.C[C@@H](NC/C=C/Br)c1cccc2ccccc12.C[C@@H](NC/C=C/C#Cc1cccc(O)c1)c1cccc2ccccc12. The largest absolute Gasteiger partial charge is 0.508 e. The molecular weight excluding hydrogens is 704 g/mol. The fourth-order valence-electron chi connectivity index (χ4n) is 5.43. The fraction of sp³-hybridized carbons (Fsp3) is 0.149. The molecule has 0 saturated heterocycles. The number of nitrogens with one attached hydrogen (secondary N) is 2. The predicted molar refractivity (Wildman–Crippen MR) is 226 cm³/mol. The molecule has 0 aliphatic rings.